The van der Waals surface area contributed by atoms with E-state index >= 15 is 0 Å². The smallest absolute Gasteiger partial charge is 0.327 e. The van der Waals surface area contributed by atoms with Crippen molar-refractivity contribution in [1.29, 1.82) is 0 Å². The second-order valence-corrected chi connectivity index (χ2v) is 40.1. The SMILES string of the molecule is Cc1cc(C)c(O)c([Se]c2cc(C)cc(C)c2O)c1.Cc1cc(C)c(O)c([Se]c2cc(C)cc(C)c2Op2oc3ccccc3c3ccccc3o2)c1.Cc1cc(C)c(Op2oc3ccccc3c3ccccc3o2)c([Se]c2cc(C)cc(C)c2Op2oc3ccccc3c3ccccc3o2)c1.Clp1oc2ccccc2c2ccccc2o1. The minimum Gasteiger partial charge on any atom is -0.408 e. The minimum absolute atomic E-state index is 0.0955. The Morgan fingerprint density at radius 2 is 0.398 bits per heavy atom. The van der Waals surface area contributed by atoms with Crippen molar-refractivity contribution in [3.8, 4) is 34.5 Å². The van der Waals surface area contributed by atoms with Gasteiger partial charge in [0.15, 0.2) is 0 Å². The number of hydrogen-bond donors (Lipinski definition) is 3. The molecule has 0 unspecified atom stereocenters. The Kier molecular flexibility index (Phi) is 25.6. The van der Waals surface area contributed by atoms with Gasteiger partial charge in [-0.05, 0) is 12.1 Å². The van der Waals surface area contributed by atoms with E-state index < -0.39 is 32.1 Å². The van der Waals surface area contributed by atoms with Crippen molar-refractivity contribution in [2.75, 3.05) is 0 Å². The van der Waals surface area contributed by atoms with Crippen LogP contribution in [0.15, 0.2) is 300 Å². The number of para-hydroxylation sites is 8. The average Bonchev–Trinajstić information content (AvgIpc) is 1.48. The van der Waals surface area contributed by atoms with Gasteiger partial charge in [0.25, 0.3) is 0 Å². The van der Waals surface area contributed by atoms with E-state index in [1.54, 1.807) is 0 Å². The topological polar surface area (TPSA) is 193 Å². The molecule has 14 nitrogen and oxygen atoms in total. The van der Waals surface area contributed by atoms with Gasteiger partial charge in [0, 0.05) is 22.0 Å². The van der Waals surface area contributed by atoms with Crippen LogP contribution in [0.5, 0.6) is 34.5 Å². The third-order valence-corrected chi connectivity index (χ3v) is 30.0. The molecule has 14 aromatic carbocycles. The molecule has 18 aromatic rings. The summed E-state index contributed by atoms with van der Waals surface area (Å²) in [6.07, 6.45) is 0. The number of hydrogen-bond acceptors (Lipinski definition) is 14. The second kappa shape index (κ2) is 36.7. The zero-order valence-corrected chi connectivity index (χ0v) is 76.1. The van der Waals surface area contributed by atoms with Crippen LogP contribution in [0, 0.1) is 83.1 Å². The molecule has 118 heavy (non-hydrogen) atoms. The largest absolute Gasteiger partial charge is 0.408 e. The predicted molar refractivity (Wildman–Crippen MR) is 490 cm³/mol. The van der Waals surface area contributed by atoms with Crippen molar-refractivity contribution >= 4 is 203 Å². The maximum atomic E-state index is 10.7. The minimum atomic E-state index is -1.81. The van der Waals surface area contributed by atoms with Gasteiger partial charge >= 0.3 is 626 Å². The molecule has 0 aliphatic rings. The van der Waals surface area contributed by atoms with Gasteiger partial charge in [-0.3, -0.25) is 0 Å². The monoisotopic (exact) mass is 1860 g/mol. The molecular formula is C96H83ClO14P4Se3. The van der Waals surface area contributed by atoms with Crippen LogP contribution in [0.25, 0.3) is 87.8 Å². The van der Waals surface area contributed by atoms with Gasteiger partial charge in [-0.1, -0.05) is 36.4 Å². The number of benzene rings is 14. The van der Waals surface area contributed by atoms with E-state index in [0.717, 1.165) is 199 Å². The molecule has 0 bridgehead atoms. The molecule has 4 aromatic heterocycles. The van der Waals surface area contributed by atoms with Crippen molar-refractivity contribution in [3.63, 3.8) is 0 Å². The number of fused-ring (bicyclic) bond motifs is 12. The average molecular weight is 1860 g/mol. The molecule has 18 rings (SSSR count). The van der Waals surface area contributed by atoms with Crippen molar-refractivity contribution in [2.24, 2.45) is 0 Å². The summed E-state index contributed by atoms with van der Waals surface area (Å²) in [6, 6.07) is 88.2. The molecule has 0 aliphatic heterocycles. The van der Waals surface area contributed by atoms with Gasteiger partial charge in [0.2, 0.25) is 0 Å². The molecule has 0 saturated carbocycles. The van der Waals surface area contributed by atoms with Gasteiger partial charge in [0.1, 0.15) is 11.2 Å². The molecule has 4 heterocycles. The molecule has 0 amide bonds. The van der Waals surface area contributed by atoms with Gasteiger partial charge in [0.05, 0.1) is 0 Å². The van der Waals surface area contributed by atoms with E-state index in [9.17, 15) is 15.3 Å². The van der Waals surface area contributed by atoms with Crippen molar-refractivity contribution in [2.45, 2.75) is 83.1 Å². The number of aryl methyl sites for hydroxylation is 12. The number of halogens is 1. The Morgan fingerprint density at radius 1 is 0.229 bits per heavy atom. The Hall–Kier alpha value is -10.7. The third kappa shape index (κ3) is 19.0. The molecule has 0 radical (unpaired) electrons. The number of aromatic hydroxyl groups is 3. The first-order valence-electron chi connectivity index (χ1n) is 37.9. The molecule has 3 N–H and O–H groups in total. The van der Waals surface area contributed by atoms with Gasteiger partial charge in [-0.15, -0.1) is 0 Å². The van der Waals surface area contributed by atoms with Gasteiger partial charge < -0.3 is 8.39 Å². The molecule has 596 valence electrons. The summed E-state index contributed by atoms with van der Waals surface area (Å²) < 4.78 is 75.3. The first-order chi connectivity index (χ1) is 57.0. The normalized spacial score (nSPS) is 11.1. The fourth-order valence-corrected chi connectivity index (χ4v) is 26.9. The molecule has 0 aliphatic carbocycles. The summed E-state index contributed by atoms with van der Waals surface area (Å²) in [7, 11) is -6.77. The molecule has 22 heteroatoms. The van der Waals surface area contributed by atoms with Crippen LogP contribution in [0.4, 0.5) is 0 Å². The number of phenolic OH excluding ortho intramolecular Hbond substituents is 3. The summed E-state index contributed by atoms with van der Waals surface area (Å²) in [4.78, 5) is 0. The Labute approximate surface area is 710 Å². The summed E-state index contributed by atoms with van der Waals surface area (Å²) in [5, 5.41) is 38.9. The van der Waals surface area contributed by atoms with E-state index in [1.807, 2.05) is 266 Å². The Morgan fingerprint density at radius 3 is 0.619 bits per heavy atom. The summed E-state index contributed by atoms with van der Waals surface area (Å²) >= 11 is 5.51. The Balaban J connectivity index is 0.000000136. The molecule has 0 atom stereocenters. The van der Waals surface area contributed by atoms with Crippen LogP contribution in [0.3, 0.4) is 0 Å². The molecule has 0 spiro atoms. The summed E-state index contributed by atoms with van der Waals surface area (Å²) in [6.45, 7) is 24.3. The molecule has 0 fully saturated rings. The van der Waals surface area contributed by atoms with Crippen LogP contribution in [0.2, 0.25) is 0 Å². The van der Waals surface area contributed by atoms with E-state index in [-0.39, 0.29) is 44.9 Å². The summed E-state index contributed by atoms with van der Waals surface area (Å²) in [5.41, 5.74) is 18.5. The maximum absolute atomic E-state index is 10.7. The zero-order chi connectivity index (χ0) is 82.4. The number of phenols is 3. The van der Waals surface area contributed by atoms with Crippen LogP contribution in [-0.4, -0.2) is 60.2 Å². The third-order valence-electron chi connectivity index (χ3n) is 19.2. The fraction of sp³-hybridized carbons (Fsp3) is 0.125. The van der Waals surface area contributed by atoms with Crippen molar-refractivity contribution in [1.82, 2.24) is 0 Å². The van der Waals surface area contributed by atoms with E-state index in [0.29, 0.717) is 17.2 Å². The second-order valence-electron chi connectivity index (χ2n) is 28.7. The van der Waals surface area contributed by atoms with Crippen molar-refractivity contribution in [3.05, 3.63) is 334 Å². The number of rotatable bonds is 12. The quantitative estimate of drug-likeness (QED) is 0.0978. The van der Waals surface area contributed by atoms with Crippen LogP contribution in [0.1, 0.15) is 66.8 Å². The van der Waals surface area contributed by atoms with Crippen LogP contribution >= 0.6 is 43.3 Å². The molecular weight excluding hydrogens is 1770 g/mol. The van der Waals surface area contributed by atoms with E-state index in [4.69, 9.17) is 58.4 Å². The van der Waals surface area contributed by atoms with E-state index in [1.165, 1.54) is 0 Å². The van der Waals surface area contributed by atoms with Crippen LogP contribution in [-0.2, 0) is 0 Å². The van der Waals surface area contributed by atoms with E-state index in [2.05, 4.69) is 84.0 Å². The fourth-order valence-electron chi connectivity index (χ4n) is 13.9. The van der Waals surface area contributed by atoms with Crippen molar-refractivity contribution < 1.29 is 62.5 Å². The van der Waals surface area contributed by atoms with Gasteiger partial charge in [-0.25, -0.2) is 0 Å². The first-order valence-corrected chi connectivity index (χ1v) is 48.4. The van der Waals surface area contributed by atoms with Gasteiger partial charge in [-0.2, -0.15) is 0 Å². The summed E-state index contributed by atoms with van der Waals surface area (Å²) in [5.74, 6) is 3.33. The van der Waals surface area contributed by atoms with Crippen LogP contribution < -0.4 is 40.3 Å². The molecule has 0 saturated heterocycles. The first kappa shape index (κ1) is 82.4. The standard InChI is InChI=1S/C40H32O6P2Se.C28H25O4PSe.C16H18O2Se.C12H8ClO2P/c1-25-21-27(3)39(45-47-41-33-17-9-5-13-29(33)30-14-6-10-18-34(30)42-47)37(23-25)49-38-24-26(2)22-28(4)40(38)46-48-43-35-19-11-7-15-31(35)32-16-8-12-20-36(32)44-48;1-17-13-19(3)27(29)25(15-17)34-26-16-18(2)14-20(4)28(26)32-33-30-23-11-7-5-9-21(23)22-10-6-8-12-24(22)31-33;1-9-5-11(3)15(17)13(7-9)19-14-8-10(2)6-12(4)16(14)18;13-16-14-11-7-3-1-5-9(11)10-6-2-4-8-12(10)15-16/h5-24H,1-4H3;5-16,29H,1-4H3;5-8,17-18H,1-4H3;1-8H. The predicted octanol–water partition coefficient (Wildman–Crippen LogP) is 25.5. The zero-order valence-electron chi connectivity index (χ0n) is 66.6. The maximum Gasteiger partial charge on any atom is 0.327 e. The Bertz CT molecular complexity index is 6570.